The van der Waals surface area contributed by atoms with Gasteiger partial charge < -0.3 is 16.2 Å². The summed E-state index contributed by atoms with van der Waals surface area (Å²) < 4.78 is 5.22. The normalized spacial score (nSPS) is 12.5. The molecule has 0 aromatic carbocycles. The summed E-state index contributed by atoms with van der Waals surface area (Å²) in [6.07, 6.45) is 2.89. The van der Waals surface area contributed by atoms with Crippen LogP contribution in [-0.2, 0) is 0 Å². The first kappa shape index (κ1) is 8.73. The van der Waals surface area contributed by atoms with E-state index in [0.29, 0.717) is 18.2 Å². The fourth-order valence-electron chi connectivity index (χ4n) is 0.659. The number of nitrogens with zero attached hydrogens (tertiary/aromatic N) is 2. The Labute approximate surface area is 70.8 Å². The van der Waals surface area contributed by atoms with Crippen molar-refractivity contribution < 1.29 is 4.74 Å². The fraction of sp³-hybridized carbons (Fsp3) is 0.429. The Bertz CT molecular complexity index is 251. The van der Waals surface area contributed by atoms with Gasteiger partial charge in [0.25, 0.3) is 0 Å². The quantitative estimate of drug-likeness (QED) is 0.651. The zero-order valence-electron chi connectivity index (χ0n) is 6.90. The molecule has 0 aliphatic heterocycles. The summed E-state index contributed by atoms with van der Waals surface area (Å²) in [5, 5.41) is 0. The number of aromatic nitrogens is 2. The molecule has 4 N–H and O–H groups in total. The lowest BCUT2D eigenvalue weighted by Gasteiger charge is -2.08. The van der Waals surface area contributed by atoms with Crippen LogP contribution in [0, 0.1) is 0 Å². The third-order valence-electron chi connectivity index (χ3n) is 1.21. The van der Waals surface area contributed by atoms with E-state index in [4.69, 9.17) is 16.2 Å². The number of nitrogens with two attached hydrogens (primary N) is 2. The van der Waals surface area contributed by atoms with Crippen molar-refractivity contribution in [1.29, 1.82) is 0 Å². The molecule has 0 radical (unpaired) electrons. The van der Waals surface area contributed by atoms with Gasteiger partial charge in [-0.1, -0.05) is 0 Å². The lowest BCUT2D eigenvalue weighted by molar-refractivity contribution is 0.296. The van der Waals surface area contributed by atoms with Crippen molar-refractivity contribution in [2.75, 3.05) is 12.3 Å². The van der Waals surface area contributed by atoms with E-state index in [9.17, 15) is 0 Å². The van der Waals surface area contributed by atoms with Gasteiger partial charge in [0.15, 0.2) is 11.6 Å². The predicted octanol–water partition coefficient (Wildman–Crippen LogP) is -0.215. The van der Waals surface area contributed by atoms with E-state index >= 15 is 0 Å². The maximum Gasteiger partial charge on any atom is 0.179 e. The van der Waals surface area contributed by atoms with E-state index in [-0.39, 0.29) is 6.04 Å². The maximum absolute atomic E-state index is 5.49. The van der Waals surface area contributed by atoms with Crippen molar-refractivity contribution >= 4 is 5.82 Å². The van der Waals surface area contributed by atoms with Crippen LogP contribution in [0.5, 0.6) is 5.75 Å². The van der Waals surface area contributed by atoms with Crippen LogP contribution < -0.4 is 16.2 Å². The Morgan fingerprint density at radius 2 is 2.42 bits per heavy atom. The van der Waals surface area contributed by atoms with Crippen LogP contribution in [0.15, 0.2) is 12.5 Å². The average Bonchev–Trinajstić information content (AvgIpc) is 2.03. The van der Waals surface area contributed by atoms with Gasteiger partial charge in [-0.3, -0.25) is 0 Å². The summed E-state index contributed by atoms with van der Waals surface area (Å²) in [5.74, 6) is 0.820. The highest BCUT2D eigenvalue weighted by Crippen LogP contribution is 2.14. The third-order valence-corrected chi connectivity index (χ3v) is 1.21. The standard InChI is InChI=1S/C7H12N4O/c1-5(8)3-12-6-2-10-4-11-7(6)9/h2,4-5H,3,8H2,1H3,(H2,9,10,11). The number of nitrogen functional groups attached to an aromatic ring is 1. The molecule has 0 aliphatic carbocycles. The van der Waals surface area contributed by atoms with Crippen LogP contribution in [0.3, 0.4) is 0 Å². The fourth-order valence-corrected chi connectivity index (χ4v) is 0.659. The molecule has 0 saturated heterocycles. The number of anilines is 1. The monoisotopic (exact) mass is 168 g/mol. The summed E-state index contributed by atoms with van der Waals surface area (Å²) >= 11 is 0. The summed E-state index contributed by atoms with van der Waals surface area (Å²) in [5.41, 5.74) is 11.0. The molecular weight excluding hydrogens is 156 g/mol. The number of hydrogen-bond acceptors (Lipinski definition) is 5. The van der Waals surface area contributed by atoms with Crippen molar-refractivity contribution in [2.24, 2.45) is 5.73 Å². The van der Waals surface area contributed by atoms with Gasteiger partial charge in [-0.15, -0.1) is 0 Å². The first-order valence-corrected chi connectivity index (χ1v) is 3.64. The largest absolute Gasteiger partial charge is 0.486 e. The molecule has 5 heteroatoms. The lowest BCUT2D eigenvalue weighted by Crippen LogP contribution is -2.24. The summed E-state index contributed by atoms with van der Waals surface area (Å²) in [7, 11) is 0. The summed E-state index contributed by atoms with van der Waals surface area (Å²) in [6.45, 7) is 2.26. The Balaban J connectivity index is 2.57. The number of ether oxygens (including phenoxy) is 1. The van der Waals surface area contributed by atoms with E-state index in [2.05, 4.69) is 9.97 Å². The first-order valence-electron chi connectivity index (χ1n) is 3.64. The van der Waals surface area contributed by atoms with E-state index in [1.165, 1.54) is 12.5 Å². The molecule has 1 heterocycles. The molecule has 66 valence electrons. The molecule has 1 atom stereocenters. The molecular formula is C7H12N4O. The van der Waals surface area contributed by atoms with Crippen molar-refractivity contribution in [3.05, 3.63) is 12.5 Å². The van der Waals surface area contributed by atoms with Crippen LogP contribution in [0.2, 0.25) is 0 Å². The van der Waals surface area contributed by atoms with Gasteiger partial charge in [-0.2, -0.15) is 0 Å². The molecule has 1 aromatic heterocycles. The van der Waals surface area contributed by atoms with Crippen molar-refractivity contribution in [3.63, 3.8) is 0 Å². The van der Waals surface area contributed by atoms with E-state index in [1.807, 2.05) is 6.92 Å². The van der Waals surface area contributed by atoms with Crippen LogP contribution in [0.25, 0.3) is 0 Å². The Morgan fingerprint density at radius 3 is 3.00 bits per heavy atom. The van der Waals surface area contributed by atoms with E-state index in [1.54, 1.807) is 0 Å². The van der Waals surface area contributed by atoms with Crippen molar-refractivity contribution in [3.8, 4) is 5.75 Å². The average molecular weight is 168 g/mol. The second-order valence-corrected chi connectivity index (χ2v) is 2.56. The van der Waals surface area contributed by atoms with Gasteiger partial charge in [0.05, 0.1) is 6.20 Å². The molecule has 0 amide bonds. The van der Waals surface area contributed by atoms with Gasteiger partial charge in [0.1, 0.15) is 12.9 Å². The van der Waals surface area contributed by atoms with Gasteiger partial charge in [0, 0.05) is 6.04 Å². The summed E-state index contributed by atoms with van der Waals surface area (Å²) in [4.78, 5) is 7.52. The Morgan fingerprint density at radius 1 is 1.67 bits per heavy atom. The maximum atomic E-state index is 5.49. The predicted molar refractivity (Wildman–Crippen MR) is 45.6 cm³/mol. The Kier molecular flexibility index (Phi) is 2.82. The molecule has 0 fully saturated rings. The molecule has 1 unspecified atom stereocenters. The summed E-state index contributed by atoms with van der Waals surface area (Å²) in [6, 6.07) is -0.0235. The Hall–Kier alpha value is -1.36. The molecule has 5 nitrogen and oxygen atoms in total. The molecule has 1 rings (SSSR count). The topological polar surface area (TPSA) is 87.0 Å². The zero-order valence-corrected chi connectivity index (χ0v) is 6.90. The highest BCUT2D eigenvalue weighted by Gasteiger charge is 2.01. The second-order valence-electron chi connectivity index (χ2n) is 2.56. The lowest BCUT2D eigenvalue weighted by atomic mass is 10.4. The van der Waals surface area contributed by atoms with Crippen molar-refractivity contribution in [1.82, 2.24) is 9.97 Å². The smallest absolute Gasteiger partial charge is 0.179 e. The van der Waals surface area contributed by atoms with Crippen molar-refractivity contribution in [2.45, 2.75) is 13.0 Å². The van der Waals surface area contributed by atoms with Crippen LogP contribution in [-0.4, -0.2) is 22.6 Å². The minimum Gasteiger partial charge on any atom is -0.486 e. The SMILES string of the molecule is CC(N)COc1cncnc1N. The van der Waals surface area contributed by atoms with Crippen LogP contribution in [0.4, 0.5) is 5.82 Å². The molecule has 12 heavy (non-hydrogen) atoms. The van der Waals surface area contributed by atoms with Gasteiger partial charge in [0.2, 0.25) is 0 Å². The van der Waals surface area contributed by atoms with Gasteiger partial charge >= 0.3 is 0 Å². The van der Waals surface area contributed by atoms with Gasteiger partial charge in [-0.25, -0.2) is 9.97 Å². The van der Waals surface area contributed by atoms with Crippen LogP contribution >= 0.6 is 0 Å². The van der Waals surface area contributed by atoms with Gasteiger partial charge in [-0.05, 0) is 6.92 Å². The van der Waals surface area contributed by atoms with Crippen LogP contribution in [0.1, 0.15) is 6.92 Å². The minimum absolute atomic E-state index is 0.0235. The molecule has 0 spiro atoms. The molecule has 0 saturated carbocycles. The zero-order chi connectivity index (χ0) is 8.97. The molecule has 0 bridgehead atoms. The highest BCUT2D eigenvalue weighted by molar-refractivity contribution is 5.42. The molecule has 1 aromatic rings. The number of rotatable bonds is 3. The van der Waals surface area contributed by atoms with E-state index in [0.717, 1.165) is 0 Å². The second kappa shape index (κ2) is 3.87. The third kappa shape index (κ3) is 2.35. The number of hydrogen-bond donors (Lipinski definition) is 2. The van der Waals surface area contributed by atoms with E-state index < -0.39 is 0 Å². The highest BCUT2D eigenvalue weighted by atomic mass is 16.5. The molecule has 0 aliphatic rings. The minimum atomic E-state index is -0.0235. The first-order chi connectivity index (χ1) is 5.70.